The molecule has 0 bridgehead atoms. The molecule has 0 saturated heterocycles. The van der Waals surface area contributed by atoms with Crippen molar-refractivity contribution in [3.63, 3.8) is 0 Å². The Morgan fingerprint density at radius 3 is 2.76 bits per heavy atom. The first-order chi connectivity index (χ1) is 8.10. The Kier molecular flexibility index (Phi) is 5.25. The molecule has 2 N–H and O–H groups in total. The van der Waals surface area contributed by atoms with Gasteiger partial charge >= 0.3 is 5.97 Å². The van der Waals surface area contributed by atoms with E-state index < -0.39 is 11.5 Å². The predicted molar refractivity (Wildman–Crippen MR) is 64.6 cm³/mol. The van der Waals surface area contributed by atoms with Gasteiger partial charge in [0.25, 0.3) is 0 Å². The van der Waals surface area contributed by atoms with Crippen LogP contribution < -0.4 is 5.32 Å². The lowest BCUT2D eigenvalue weighted by Gasteiger charge is -2.36. The first kappa shape index (κ1) is 13.8. The second-order valence-corrected chi connectivity index (χ2v) is 4.80. The van der Waals surface area contributed by atoms with Crippen molar-refractivity contribution in [2.75, 3.05) is 13.1 Å². The smallest absolute Gasteiger partial charge is 0.323 e. The summed E-state index contributed by atoms with van der Waals surface area (Å²) in [5.74, 6) is -0.138. The molecule has 0 heterocycles. The molecule has 6 nitrogen and oxygen atoms in total. The summed E-state index contributed by atoms with van der Waals surface area (Å²) in [4.78, 5) is 14.0. The van der Waals surface area contributed by atoms with Gasteiger partial charge in [-0.15, -0.1) is 0 Å². The largest absolute Gasteiger partial charge is 0.480 e. The van der Waals surface area contributed by atoms with Crippen molar-refractivity contribution < 1.29 is 9.90 Å². The average molecular weight is 240 g/mol. The Morgan fingerprint density at radius 2 is 2.24 bits per heavy atom. The highest BCUT2D eigenvalue weighted by Gasteiger charge is 2.40. The highest BCUT2D eigenvalue weighted by molar-refractivity contribution is 5.78. The summed E-state index contributed by atoms with van der Waals surface area (Å²) in [6.07, 6.45) is 3.95. The molecule has 0 aliphatic heterocycles. The summed E-state index contributed by atoms with van der Waals surface area (Å²) in [5.41, 5.74) is 7.37. The van der Waals surface area contributed by atoms with Crippen LogP contribution in [0.4, 0.5) is 0 Å². The number of aliphatic carboxylic acids is 1. The molecule has 1 aliphatic carbocycles. The number of azide groups is 1. The standard InChI is InChI=1S/C11H20N4O2/c1-9-3-5-11(6-4-9,10(16)17)13-7-2-8-14-15-12/h9,13H,2-8H2,1H3,(H,16,17). The van der Waals surface area contributed by atoms with E-state index in [-0.39, 0.29) is 0 Å². The molecular weight excluding hydrogens is 220 g/mol. The Hall–Kier alpha value is -1.26. The summed E-state index contributed by atoms with van der Waals surface area (Å²) < 4.78 is 0. The molecule has 0 atom stereocenters. The van der Waals surface area contributed by atoms with Gasteiger partial charge in [-0.3, -0.25) is 4.79 Å². The van der Waals surface area contributed by atoms with E-state index in [2.05, 4.69) is 22.3 Å². The third-order valence-electron chi connectivity index (χ3n) is 3.50. The highest BCUT2D eigenvalue weighted by Crippen LogP contribution is 2.32. The van der Waals surface area contributed by atoms with E-state index in [0.717, 1.165) is 12.8 Å². The molecule has 1 saturated carbocycles. The maximum Gasteiger partial charge on any atom is 0.323 e. The van der Waals surface area contributed by atoms with Crippen LogP contribution in [0.3, 0.4) is 0 Å². The number of nitrogens with zero attached hydrogens (tertiary/aromatic N) is 3. The minimum absolute atomic E-state index is 0.412. The second kappa shape index (κ2) is 6.47. The Balaban J connectivity index is 2.43. The lowest BCUT2D eigenvalue weighted by Crippen LogP contribution is -2.54. The van der Waals surface area contributed by atoms with Gasteiger partial charge in [0.15, 0.2) is 0 Å². The van der Waals surface area contributed by atoms with Crippen LogP contribution in [-0.2, 0) is 4.79 Å². The van der Waals surface area contributed by atoms with E-state index in [1.54, 1.807) is 0 Å². The van der Waals surface area contributed by atoms with Gasteiger partial charge in [0.05, 0.1) is 0 Å². The van der Waals surface area contributed by atoms with Crippen LogP contribution in [0.2, 0.25) is 0 Å². The first-order valence-corrected chi connectivity index (χ1v) is 6.10. The number of carbonyl (C=O) groups is 1. The quantitative estimate of drug-likeness (QED) is 0.322. The summed E-state index contributed by atoms with van der Waals surface area (Å²) >= 11 is 0. The molecule has 0 aromatic carbocycles. The van der Waals surface area contributed by atoms with Gasteiger partial charge in [-0.1, -0.05) is 12.0 Å². The molecule has 6 heteroatoms. The van der Waals surface area contributed by atoms with Crippen molar-refractivity contribution in [3.05, 3.63) is 10.4 Å². The fourth-order valence-electron chi connectivity index (χ4n) is 2.24. The zero-order valence-corrected chi connectivity index (χ0v) is 10.2. The molecule has 96 valence electrons. The van der Waals surface area contributed by atoms with Crippen molar-refractivity contribution in [2.24, 2.45) is 11.0 Å². The van der Waals surface area contributed by atoms with E-state index in [1.807, 2.05) is 0 Å². The van der Waals surface area contributed by atoms with E-state index in [1.165, 1.54) is 0 Å². The molecule has 0 unspecified atom stereocenters. The summed E-state index contributed by atoms with van der Waals surface area (Å²) in [5, 5.41) is 15.9. The minimum Gasteiger partial charge on any atom is -0.480 e. The molecule has 0 radical (unpaired) electrons. The normalized spacial score (nSPS) is 28.4. The Morgan fingerprint density at radius 1 is 1.59 bits per heavy atom. The number of carboxylic acid groups (broad SMARTS) is 1. The predicted octanol–water partition coefficient (Wildman–Crippen LogP) is 2.31. The number of nitrogens with one attached hydrogen (secondary N) is 1. The maximum absolute atomic E-state index is 11.4. The summed E-state index contributed by atoms with van der Waals surface area (Å²) in [6.45, 7) is 3.16. The van der Waals surface area contributed by atoms with Crippen LogP contribution in [0, 0.1) is 5.92 Å². The molecule has 17 heavy (non-hydrogen) atoms. The van der Waals surface area contributed by atoms with E-state index >= 15 is 0 Å². The SMILES string of the molecule is CC1CCC(NCCCN=[N+]=[N-])(C(=O)O)CC1. The third kappa shape index (κ3) is 3.91. The van der Waals surface area contributed by atoms with Crippen molar-refractivity contribution in [3.8, 4) is 0 Å². The highest BCUT2D eigenvalue weighted by atomic mass is 16.4. The monoisotopic (exact) mass is 240 g/mol. The van der Waals surface area contributed by atoms with Crippen molar-refractivity contribution >= 4 is 5.97 Å². The van der Waals surface area contributed by atoms with Crippen molar-refractivity contribution in [2.45, 2.75) is 44.6 Å². The van der Waals surface area contributed by atoms with Gasteiger partial charge in [-0.05, 0) is 50.1 Å². The van der Waals surface area contributed by atoms with E-state index in [4.69, 9.17) is 5.53 Å². The number of rotatable bonds is 6. The Labute approximate surface area is 101 Å². The number of carboxylic acids is 1. The minimum atomic E-state index is -0.761. The zero-order valence-electron chi connectivity index (χ0n) is 10.2. The zero-order chi connectivity index (χ0) is 12.7. The fraction of sp³-hybridized carbons (Fsp3) is 0.909. The topological polar surface area (TPSA) is 98.1 Å². The number of hydrogen-bond acceptors (Lipinski definition) is 3. The molecular formula is C11H20N4O2. The molecule has 0 aromatic heterocycles. The molecule has 0 spiro atoms. The van der Waals surface area contributed by atoms with Crippen LogP contribution in [-0.4, -0.2) is 29.7 Å². The van der Waals surface area contributed by atoms with Gasteiger partial charge in [0, 0.05) is 11.5 Å². The van der Waals surface area contributed by atoms with E-state index in [0.29, 0.717) is 38.3 Å². The average Bonchev–Trinajstić information content (AvgIpc) is 2.31. The molecule has 0 aromatic rings. The number of hydrogen-bond donors (Lipinski definition) is 2. The van der Waals surface area contributed by atoms with Gasteiger partial charge in [0.1, 0.15) is 5.54 Å². The molecule has 0 amide bonds. The van der Waals surface area contributed by atoms with E-state index in [9.17, 15) is 9.90 Å². The molecule has 1 fully saturated rings. The van der Waals surface area contributed by atoms with Gasteiger partial charge in [-0.25, -0.2) is 0 Å². The van der Waals surface area contributed by atoms with Gasteiger partial charge in [-0.2, -0.15) is 0 Å². The third-order valence-corrected chi connectivity index (χ3v) is 3.50. The van der Waals surface area contributed by atoms with Gasteiger partial charge < -0.3 is 10.4 Å². The van der Waals surface area contributed by atoms with Crippen LogP contribution in [0.1, 0.15) is 39.0 Å². The second-order valence-electron chi connectivity index (χ2n) is 4.80. The van der Waals surface area contributed by atoms with Crippen LogP contribution in [0.15, 0.2) is 5.11 Å². The summed E-state index contributed by atoms with van der Waals surface area (Å²) in [6, 6.07) is 0. The van der Waals surface area contributed by atoms with Crippen LogP contribution in [0.5, 0.6) is 0 Å². The van der Waals surface area contributed by atoms with Crippen molar-refractivity contribution in [1.82, 2.24) is 5.32 Å². The lowest BCUT2D eigenvalue weighted by molar-refractivity contribution is -0.146. The fourth-order valence-corrected chi connectivity index (χ4v) is 2.24. The maximum atomic E-state index is 11.4. The molecule has 1 rings (SSSR count). The lowest BCUT2D eigenvalue weighted by atomic mass is 9.77. The van der Waals surface area contributed by atoms with Gasteiger partial charge in [0.2, 0.25) is 0 Å². The van der Waals surface area contributed by atoms with Crippen molar-refractivity contribution in [1.29, 1.82) is 0 Å². The molecule has 1 aliphatic rings. The van der Waals surface area contributed by atoms with Crippen LogP contribution >= 0.6 is 0 Å². The Bertz CT molecular complexity index is 305. The first-order valence-electron chi connectivity index (χ1n) is 6.10. The summed E-state index contributed by atoms with van der Waals surface area (Å²) in [7, 11) is 0. The van der Waals surface area contributed by atoms with Crippen LogP contribution in [0.25, 0.3) is 10.4 Å².